The molecule has 0 aliphatic carbocycles. The summed E-state index contributed by atoms with van der Waals surface area (Å²) < 4.78 is 0. The van der Waals surface area contributed by atoms with Crippen LogP contribution in [0.25, 0.3) is 0 Å². The van der Waals surface area contributed by atoms with Gasteiger partial charge in [0.2, 0.25) is 0 Å². The van der Waals surface area contributed by atoms with Crippen molar-refractivity contribution in [3.8, 4) is 0 Å². The molecule has 1 radical (unpaired) electrons. The molecule has 0 saturated heterocycles. The van der Waals surface area contributed by atoms with Crippen LogP contribution in [0.5, 0.6) is 0 Å². The topological polar surface area (TPSA) is 23.1 Å². The molecule has 0 aliphatic rings. The van der Waals surface area contributed by atoms with E-state index in [0.29, 0.717) is 0 Å². The van der Waals surface area contributed by atoms with Crippen LogP contribution >= 0.6 is 0 Å². The molecule has 0 rings (SSSR count). The molecule has 0 aliphatic heterocycles. The third kappa shape index (κ3) is 16.5. The van der Waals surface area contributed by atoms with E-state index in [1.807, 2.05) is 0 Å². The van der Waals surface area contributed by atoms with E-state index in [2.05, 4.69) is 0 Å². The molecule has 0 saturated carbocycles. The maximum Gasteiger partial charge on any atom is 3.00 e. The molecule has 0 fully saturated rings. The zero-order chi connectivity index (χ0) is 2.71. The number of hydrogen-bond donors (Lipinski definition) is 0. The van der Waals surface area contributed by atoms with Crippen LogP contribution in [-0.2, 0) is 21.7 Å². The summed E-state index contributed by atoms with van der Waals surface area (Å²) in [4.78, 5) is 0. The Labute approximate surface area is 40.9 Å². The van der Waals surface area contributed by atoms with Gasteiger partial charge < -0.3 is 5.11 Å². The number of rotatable bonds is 0. The quantitative estimate of drug-likeness (QED) is 0.365. The van der Waals surface area contributed by atoms with Crippen LogP contribution in [-0.4, -0.2) is 6.61 Å². The molecule has 0 spiro atoms. The molecule has 0 heterocycles. The molecule has 0 unspecified atom stereocenters. The summed E-state index contributed by atoms with van der Waals surface area (Å²) in [5.74, 6) is 0. The second kappa shape index (κ2) is 9.37. The second-order valence-electron chi connectivity index (χ2n) is 0.289. The molecular weight excluding hydrogens is 87.9 g/mol. The number of hydrogen-bond acceptors (Lipinski definition) is 1. The van der Waals surface area contributed by atoms with Crippen LogP contribution in [0.3, 0.4) is 0 Å². The summed E-state index contributed by atoms with van der Waals surface area (Å²) in [6, 6.07) is 0. The Hall–Kier alpha value is 0.674. The van der Waals surface area contributed by atoms with E-state index in [0.717, 1.165) is 0 Å². The average Bonchev–Trinajstić information content (AvgIpc) is 0.918. The molecule has 0 aromatic rings. The smallest absolute Gasteiger partial charge is 0.855 e. The Bertz CT molecular complexity index is 6.00. The first kappa shape index (κ1) is 8.82. The zero-order valence-corrected chi connectivity index (χ0v) is 4.18. The Morgan fingerprint density at radius 3 is 1.75 bits per heavy atom. The molecule has 21 valence electrons. The fourth-order valence-corrected chi connectivity index (χ4v) is 0. The first-order chi connectivity index (χ1) is 1.41. The molecule has 4 heavy (non-hydrogen) atoms. The molecule has 0 bridgehead atoms. The SMILES string of the molecule is CC[O-].[Ti+3]. The molecule has 0 N–H and O–H groups in total. The molecule has 0 atom stereocenters. The van der Waals surface area contributed by atoms with Gasteiger partial charge in [0.15, 0.2) is 0 Å². The Morgan fingerprint density at radius 1 is 1.75 bits per heavy atom. The Morgan fingerprint density at radius 2 is 1.75 bits per heavy atom. The average molecular weight is 92.9 g/mol. The van der Waals surface area contributed by atoms with Gasteiger partial charge in [-0.25, -0.2) is 0 Å². The minimum Gasteiger partial charge on any atom is -0.855 e. The predicted molar refractivity (Wildman–Crippen MR) is 10.5 cm³/mol. The molecule has 0 aromatic heterocycles. The van der Waals surface area contributed by atoms with Crippen molar-refractivity contribution in [2.24, 2.45) is 0 Å². The van der Waals surface area contributed by atoms with Gasteiger partial charge in [-0.15, -0.1) is 6.61 Å². The van der Waals surface area contributed by atoms with Gasteiger partial charge in [-0.1, -0.05) is 6.92 Å². The van der Waals surface area contributed by atoms with Crippen molar-refractivity contribution in [2.75, 3.05) is 6.61 Å². The van der Waals surface area contributed by atoms with Gasteiger partial charge in [-0.2, -0.15) is 0 Å². The Balaban J connectivity index is 0. The van der Waals surface area contributed by atoms with Crippen molar-refractivity contribution in [1.82, 2.24) is 0 Å². The normalized spacial score (nSPS) is 4.50. The van der Waals surface area contributed by atoms with Gasteiger partial charge in [0.25, 0.3) is 0 Å². The van der Waals surface area contributed by atoms with Crippen LogP contribution in [0.2, 0.25) is 0 Å². The molecule has 1 nitrogen and oxygen atoms in total. The van der Waals surface area contributed by atoms with Crippen molar-refractivity contribution in [2.45, 2.75) is 6.92 Å². The van der Waals surface area contributed by atoms with Crippen LogP contribution in [0.4, 0.5) is 0 Å². The summed E-state index contributed by atoms with van der Waals surface area (Å²) >= 11 is 0. The van der Waals surface area contributed by atoms with Crippen molar-refractivity contribution in [3.63, 3.8) is 0 Å². The van der Waals surface area contributed by atoms with E-state index in [-0.39, 0.29) is 28.3 Å². The van der Waals surface area contributed by atoms with Crippen LogP contribution in [0.1, 0.15) is 6.92 Å². The minimum absolute atomic E-state index is 0. The second-order valence-corrected chi connectivity index (χ2v) is 0.289. The largest absolute Gasteiger partial charge is 3.00 e. The summed E-state index contributed by atoms with van der Waals surface area (Å²) in [6.07, 6.45) is 0. The third-order valence-electron chi connectivity index (χ3n) is 0. The van der Waals surface area contributed by atoms with Gasteiger partial charge in [0.05, 0.1) is 0 Å². The van der Waals surface area contributed by atoms with Crippen LogP contribution in [0.15, 0.2) is 0 Å². The van der Waals surface area contributed by atoms with E-state index in [4.69, 9.17) is 5.11 Å². The first-order valence-corrected chi connectivity index (χ1v) is 0.996. The van der Waals surface area contributed by atoms with Gasteiger partial charge in [0.1, 0.15) is 0 Å². The van der Waals surface area contributed by atoms with Gasteiger partial charge in [-0.05, 0) is 0 Å². The van der Waals surface area contributed by atoms with E-state index in [9.17, 15) is 0 Å². The summed E-state index contributed by atoms with van der Waals surface area (Å²) in [5.41, 5.74) is 0. The molecule has 0 amide bonds. The fraction of sp³-hybridized carbons (Fsp3) is 1.00. The first-order valence-electron chi connectivity index (χ1n) is 0.996. The van der Waals surface area contributed by atoms with Crippen molar-refractivity contribution < 1.29 is 26.8 Å². The van der Waals surface area contributed by atoms with E-state index >= 15 is 0 Å². The van der Waals surface area contributed by atoms with Crippen LogP contribution in [0, 0.1) is 0 Å². The zero-order valence-electron chi connectivity index (χ0n) is 2.62. The summed E-state index contributed by atoms with van der Waals surface area (Å²) in [5, 5.41) is 8.93. The van der Waals surface area contributed by atoms with Crippen molar-refractivity contribution >= 4 is 0 Å². The monoisotopic (exact) mass is 93.0 g/mol. The van der Waals surface area contributed by atoms with Gasteiger partial charge in [-0.3, -0.25) is 0 Å². The predicted octanol–water partition coefficient (Wildman–Crippen LogP) is -0.636. The Kier molecular flexibility index (Phi) is 20.7. The van der Waals surface area contributed by atoms with E-state index in [1.165, 1.54) is 0 Å². The van der Waals surface area contributed by atoms with Gasteiger partial charge in [0, 0.05) is 0 Å². The summed E-state index contributed by atoms with van der Waals surface area (Å²) in [7, 11) is 0. The molecule has 0 aromatic carbocycles. The van der Waals surface area contributed by atoms with Gasteiger partial charge >= 0.3 is 21.7 Å². The van der Waals surface area contributed by atoms with E-state index < -0.39 is 0 Å². The standard InChI is InChI=1S/C2H5O.Ti/c1-2-3;/h2H2,1H3;/q-1;+3. The van der Waals surface area contributed by atoms with E-state index in [1.54, 1.807) is 6.92 Å². The van der Waals surface area contributed by atoms with Crippen molar-refractivity contribution in [1.29, 1.82) is 0 Å². The minimum atomic E-state index is 0. The summed E-state index contributed by atoms with van der Waals surface area (Å²) in [6.45, 7) is 1.57. The molecule has 2 heteroatoms. The molecular formula is C2H5OTi+2. The van der Waals surface area contributed by atoms with Crippen LogP contribution < -0.4 is 5.11 Å². The third-order valence-corrected chi connectivity index (χ3v) is 0. The van der Waals surface area contributed by atoms with Crippen molar-refractivity contribution in [3.05, 3.63) is 0 Å². The maximum atomic E-state index is 8.93. The maximum absolute atomic E-state index is 8.93. The fourth-order valence-electron chi connectivity index (χ4n) is 0.